The molecule has 0 aliphatic heterocycles. The Hall–Kier alpha value is -2.54. The molecule has 0 spiro atoms. The highest BCUT2D eigenvalue weighted by Crippen LogP contribution is 2.33. The summed E-state index contributed by atoms with van der Waals surface area (Å²) in [7, 11) is -3.54. The number of rotatable bonds is 9. The summed E-state index contributed by atoms with van der Waals surface area (Å²) < 4.78 is 28.4. The Morgan fingerprint density at radius 3 is 2.38 bits per heavy atom. The van der Waals surface area contributed by atoms with E-state index in [0.29, 0.717) is 24.5 Å². The quantitative estimate of drug-likeness (QED) is 0.587. The van der Waals surface area contributed by atoms with Crippen LogP contribution in [0.5, 0.6) is 0 Å². The van der Waals surface area contributed by atoms with E-state index in [9.17, 15) is 8.42 Å². The summed E-state index contributed by atoms with van der Waals surface area (Å²) in [6.45, 7) is 1.64. The zero-order valence-corrected chi connectivity index (χ0v) is 17.1. The van der Waals surface area contributed by atoms with E-state index in [1.165, 1.54) is 0 Å². The van der Waals surface area contributed by atoms with Crippen LogP contribution in [0.3, 0.4) is 0 Å². The van der Waals surface area contributed by atoms with Crippen LogP contribution in [0.15, 0.2) is 83.9 Å². The molecule has 1 aliphatic carbocycles. The van der Waals surface area contributed by atoms with Crippen molar-refractivity contribution in [3.05, 3.63) is 95.8 Å². The number of benzene rings is 2. The van der Waals surface area contributed by atoms with Crippen molar-refractivity contribution in [2.75, 3.05) is 0 Å². The maximum Gasteiger partial charge on any atom is 0.243 e. The summed E-state index contributed by atoms with van der Waals surface area (Å²) in [5.41, 5.74) is 2.91. The van der Waals surface area contributed by atoms with E-state index in [4.69, 9.17) is 0 Å². The first-order valence-electron chi connectivity index (χ1n) is 9.88. The SMILES string of the molecule is O=S(=O)(c1cccc(CNCc2ccccn2)c1)N(Cc1ccccc1)C1CC1. The summed E-state index contributed by atoms with van der Waals surface area (Å²) in [5.74, 6) is 0. The highest BCUT2D eigenvalue weighted by molar-refractivity contribution is 7.89. The van der Waals surface area contributed by atoms with Gasteiger partial charge >= 0.3 is 0 Å². The second-order valence-electron chi connectivity index (χ2n) is 7.34. The monoisotopic (exact) mass is 407 g/mol. The molecule has 1 N–H and O–H groups in total. The molecule has 4 rings (SSSR count). The number of nitrogens with one attached hydrogen (secondary N) is 1. The van der Waals surface area contributed by atoms with Gasteiger partial charge in [0.1, 0.15) is 0 Å². The third-order valence-corrected chi connectivity index (χ3v) is 6.90. The largest absolute Gasteiger partial charge is 0.307 e. The van der Waals surface area contributed by atoms with Gasteiger partial charge in [0.05, 0.1) is 10.6 Å². The van der Waals surface area contributed by atoms with Crippen LogP contribution >= 0.6 is 0 Å². The minimum Gasteiger partial charge on any atom is -0.307 e. The van der Waals surface area contributed by atoms with E-state index in [1.54, 1.807) is 22.6 Å². The van der Waals surface area contributed by atoms with E-state index in [1.807, 2.05) is 60.7 Å². The van der Waals surface area contributed by atoms with Gasteiger partial charge in [-0.1, -0.05) is 48.5 Å². The van der Waals surface area contributed by atoms with E-state index < -0.39 is 10.0 Å². The second-order valence-corrected chi connectivity index (χ2v) is 9.23. The van der Waals surface area contributed by atoms with Gasteiger partial charge in [-0.05, 0) is 48.2 Å². The smallest absolute Gasteiger partial charge is 0.243 e. The molecule has 2 aromatic carbocycles. The normalized spacial score (nSPS) is 14.2. The van der Waals surface area contributed by atoms with Crippen molar-refractivity contribution in [1.29, 1.82) is 0 Å². The molecular formula is C23H25N3O2S. The first kappa shape index (κ1) is 19.8. The van der Waals surface area contributed by atoms with E-state index in [0.717, 1.165) is 29.7 Å². The molecule has 0 atom stereocenters. The van der Waals surface area contributed by atoms with Gasteiger partial charge in [0.2, 0.25) is 10.0 Å². The average Bonchev–Trinajstić information content (AvgIpc) is 3.59. The minimum atomic E-state index is -3.54. The lowest BCUT2D eigenvalue weighted by Crippen LogP contribution is -2.32. The average molecular weight is 408 g/mol. The van der Waals surface area contributed by atoms with Crippen molar-refractivity contribution in [2.24, 2.45) is 0 Å². The third-order valence-electron chi connectivity index (χ3n) is 5.00. The summed E-state index contributed by atoms with van der Waals surface area (Å²) in [5, 5.41) is 3.33. The predicted octanol–water partition coefficient (Wildman–Crippen LogP) is 3.72. The predicted molar refractivity (Wildman–Crippen MR) is 113 cm³/mol. The Bertz CT molecular complexity index is 1040. The maximum atomic E-state index is 13.4. The van der Waals surface area contributed by atoms with Crippen LogP contribution < -0.4 is 5.32 Å². The first-order valence-corrected chi connectivity index (χ1v) is 11.3. The summed E-state index contributed by atoms with van der Waals surface area (Å²) in [6.07, 6.45) is 3.62. The zero-order valence-electron chi connectivity index (χ0n) is 16.2. The van der Waals surface area contributed by atoms with Gasteiger partial charge < -0.3 is 5.32 Å². The van der Waals surface area contributed by atoms with Gasteiger partial charge in [0.25, 0.3) is 0 Å². The molecule has 1 saturated carbocycles. The lowest BCUT2D eigenvalue weighted by atomic mass is 10.2. The zero-order chi connectivity index (χ0) is 20.1. The fraction of sp³-hybridized carbons (Fsp3) is 0.261. The van der Waals surface area contributed by atoms with Crippen LogP contribution in [0.4, 0.5) is 0 Å². The van der Waals surface area contributed by atoms with Crippen LogP contribution in [0.1, 0.15) is 29.7 Å². The molecule has 1 aliphatic rings. The molecule has 1 fully saturated rings. The van der Waals surface area contributed by atoms with Crippen molar-refractivity contribution >= 4 is 10.0 Å². The number of hydrogen-bond donors (Lipinski definition) is 1. The fourth-order valence-corrected chi connectivity index (χ4v) is 5.07. The van der Waals surface area contributed by atoms with Gasteiger partial charge in [-0.2, -0.15) is 4.31 Å². The Morgan fingerprint density at radius 2 is 1.66 bits per heavy atom. The van der Waals surface area contributed by atoms with E-state index in [-0.39, 0.29) is 6.04 Å². The molecule has 0 bridgehead atoms. The molecule has 29 heavy (non-hydrogen) atoms. The third kappa shape index (κ3) is 5.09. The Balaban J connectivity index is 1.48. The summed E-state index contributed by atoms with van der Waals surface area (Å²) in [4.78, 5) is 4.65. The Labute approximate surface area is 172 Å². The number of nitrogens with zero attached hydrogens (tertiary/aromatic N) is 2. The van der Waals surface area contributed by atoms with Gasteiger partial charge in [0.15, 0.2) is 0 Å². The van der Waals surface area contributed by atoms with Gasteiger partial charge in [-0.25, -0.2) is 8.42 Å². The molecular weight excluding hydrogens is 382 g/mol. The van der Waals surface area contributed by atoms with Crippen molar-refractivity contribution in [2.45, 2.75) is 43.4 Å². The van der Waals surface area contributed by atoms with Crippen LogP contribution in [-0.2, 0) is 29.7 Å². The first-order chi connectivity index (χ1) is 14.1. The standard InChI is InChI=1S/C23H25N3O2S/c27-29(28,26(22-12-13-22)18-19-7-2-1-3-8-19)23-11-6-9-20(15-23)16-24-17-21-10-4-5-14-25-21/h1-11,14-15,22,24H,12-13,16-18H2. The molecule has 1 heterocycles. The molecule has 0 amide bonds. The minimum absolute atomic E-state index is 0.103. The number of pyridine rings is 1. The molecule has 0 unspecified atom stereocenters. The second kappa shape index (κ2) is 8.86. The van der Waals surface area contributed by atoms with Crippen molar-refractivity contribution in [1.82, 2.24) is 14.6 Å². The molecule has 3 aromatic rings. The molecule has 0 saturated heterocycles. The van der Waals surface area contributed by atoms with Crippen LogP contribution in [0, 0.1) is 0 Å². The highest BCUT2D eigenvalue weighted by atomic mass is 32.2. The molecule has 6 heteroatoms. The highest BCUT2D eigenvalue weighted by Gasteiger charge is 2.38. The van der Waals surface area contributed by atoms with Crippen LogP contribution in [-0.4, -0.2) is 23.7 Å². The maximum absolute atomic E-state index is 13.4. The van der Waals surface area contributed by atoms with Gasteiger partial charge in [0, 0.05) is 31.9 Å². The summed E-state index contributed by atoms with van der Waals surface area (Å²) in [6, 6.07) is 22.9. The van der Waals surface area contributed by atoms with Crippen molar-refractivity contribution in [3.8, 4) is 0 Å². The van der Waals surface area contributed by atoms with Crippen molar-refractivity contribution in [3.63, 3.8) is 0 Å². The molecule has 5 nitrogen and oxygen atoms in total. The number of aromatic nitrogens is 1. The van der Waals surface area contributed by atoms with E-state index >= 15 is 0 Å². The number of hydrogen-bond acceptors (Lipinski definition) is 4. The van der Waals surface area contributed by atoms with Crippen LogP contribution in [0.25, 0.3) is 0 Å². The lowest BCUT2D eigenvalue weighted by Gasteiger charge is -2.22. The topological polar surface area (TPSA) is 62.3 Å². The van der Waals surface area contributed by atoms with Crippen molar-refractivity contribution < 1.29 is 8.42 Å². The molecule has 1 aromatic heterocycles. The van der Waals surface area contributed by atoms with Gasteiger partial charge in [-0.3, -0.25) is 4.98 Å². The summed E-state index contributed by atoms with van der Waals surface area (Å²) >= 11 is 0. The van der Waals surface area contributed by atoms with Crippen LogP contribution in [0.2, 0.25) is 0 Å². The molecule has 0 radical (unpaired) electrons. The fourth-order valence-electron chi connectivity index (χ4n) is 3.33. The number of sulfonamides is 1. The molecule has 150 valence electrons. The van der Waals surface area contributed by atoms with Gasteiger partial charge in [-0.15, -0.1) is 0 Å². The lowest BCUT2D eigenvalue weighted by molar-refractivity contribution is 0.398. The Morgan fingerprint density at radius 1 is 0.897 bits per heavy atom. The Kier molecular flexibility index (Phi) is 6.04. The van der Waals surface area contributed by atoms with E-state index in [2.05, 4.69) is 10.3 Å².